The molecular weight excluding hydrogens is 476 g/mol. The number of thiazole rings is 1. The van der Waals surface area contributed by atoms with Crippen LogP contribution < -0.4 is 5.32 Å². The molecule has 0 aliphatic carbocycles. The highest BCUT2D eigenvalue weighted by molar-refractivity contribution is 7.09. The van der Waals surface area contributed by atoms with Gasteiger partial charge in [-0.1, -0.05) is 13.0 Å². The molecule has 1 aromatic heterocycles. The van der Waals surface area contributed by atoms with E-state index >= 15 is 0 Å². The smallest absolute Gasteiger partial charge is 0.410 e. The number of aryl methyl sites for hydroxylation is 1. The molecule has 1 saturated heterocycles. The van der Waals surface area contributed by atoms with E-state index in [9.17, 15) is 14.4 Å². The fraction of sp³-hybridized carbons (Fsp3) is 0.556. The van der Waals surface area contributed by atoms with Crippen LogP contribution in [0.25, 0.3) is 0 Å². The van der Waals surface area contributed by atoms with Gasteiger partial charge in [0.05, 0.1) is 6.04 Å². The van der Waals surface area contributed by atoms with Crippen LogP contribution in [0.3, 0.4) is 0 Å². The number of hydrogen-bond acceptors (Lipinski definition) is 6. The molecule has 1 aliphatic rings. The van der Waals surface area contributed by atoms with E-state index in [1.165, 1.54) is 0 Å². The molecule has 1 aromatic carbocycles. The lowest BCUT2D eigenvalue weighted by Crippen LogP contribution is -2.39. The molecule has 0 saturated carbocycles. The van der Waals surface area contributed by atoms with E-state index in [2.05, 4.69) is 10.3 Å². The van der Waals surface area contributed by atoms with E-state index in [1.807, 2.05) is 44.9 Å². The van der Waals surface area contributed by atoms with Crippen molar-refractivity contribution in [1.29, 1.82) is 0 Å². The van der Waals surface area contributed by atoms with Crippen molar-refractivity contribution in [2.24, 2.45) is 0 Å². The van der Waals surface area contributed by atoms with Crippen molar-refractivity contribution in [2.75, 3.05) is 26.2 Å². The first-order chi connectivity index (χ1) is 17.1. The summed E-state index contributed by atoms with van der Waals surface area (Å²) in [5.41, 5.74) is 1.37. The molecule has 9 heteroatoms. The fourth-order valence-electron chi connectivity index (χ4n) is 4.22. The maximum Gasteiger partial charge on any atom is 0.410 e. The number of amides is 3. The molecule has 0 bridgehead atoms. The van der Waals surface area contributed by atoms with E-state index < -0.39 is 5.60 Å². The zero-order valence-electron chi connectivity index (χ0n) is 22.0. The SMILES string of the molecule is CCCN(CCCNC(=O)c1cccc(C(=O)N2CCCC2c2nc(C)cs2)c1)C(=O)OC(C)(C)C. The normalized spacial score (nSPS) is 15.6. The summed E-state index contributed by atoms with van der Waals surface area (Å²) in [6, 6.07) is 6.85. The number of carbonyl (C=O) groups is 3. The second kappa shape index (κ2) is 12.3. The minimum Gasteiger partial charge on any atom is -0.444 e. The summed E-state index contributed by atoms with van der Waals surface area (Å²) in [6.45, 7) is 11.7. The van der Waals surface area contributed by atoms with Crippen molar-refractivity contribution < 1.29 is 19.1 Å². The molecule has 0 radical (unpaired) electrons. The largest absolute Gasteiger partial charge is 0.444 e. The first-order valence-electron chi connectivity index (χ1n) is 12.7. The number of rotatable bonds is 9. The lowest BCUT2D eigenvalue weighted by molar-refractivity contribution is 0.0248. The molecule has 2 aromatic rings. The zero-order chi connectivity index (χ0) is 26.3. The molecule has 1 N–H and O–H groups in total. The van der Waals surface area contributed by atoms with Crippen molar-refractivity contribution in [3.05, 3.63) is 51.5 Å². The van der Waals surface area contributed by atoms with Crippen LogP contribution in [0.1, 0.15) is 90.8 Å². The molecular formula is C27H38N4O4S. The Labute approximate surface area is 218 Å². The molecule has 2 heterocycles. The van der Waals surface area contributed by atoms with Crippen molar-refractivity contribution in [3.63, 3.8) is 0 Å². The third-order valence-electron chi connectivity index (χ3n) is 5.84. The van der Waals surface area contributed by atoms with E-state index in [-0.39, 0.29) is 23.9 Å². The van der Waals surface area contributed by atoms with Gasteiger partial charge in [0.25, 0.3) is 11.8 Å². The Balaban J connectivity index is 1.55. The maximum absolute atomic E-state index is 13.3. The van der Waals surface area contributed by atoms with Crippen LogP contribution in [-0.4, -0.2) is 64.5 Å². The summed E-state index contributed by atoms with van der Waals surface area (Å²) in [5, 5.41) is 5.88. The molecule has 36 heavy (non-hydrogen) atoms. The number of nitrogens with zero attached hydrogens (tertiary/aromatic N) is 3. The number of likely N-dealkylation sites (tertiary alicyclic amines) is 1. The van der Waals surface area contributed by atoms with Crippen LogP contribution in [0.15, 0.2) is 29.6 Å². The predicted octanol–water partition coefficient (Wildman–Crippen LogP) is 5.20. The van der Waals surface area contributed by atoms with Gasteiger partial charge in [0.2, 0.25) is 0 Å². The molecule has 1 aliphatic heterocycles. The van der Waals surface area contributed by atoms with Gasteiger partial charge in [-0.15, -0.1) is 11.3 Å². The van der Waals surface area contributed by atoms with E-state index in [0.717, 1.165) is 30.0 Å². The number of nitrogens with one attached hydrogen (secondary N) is 1. The number of hydrogen-bond donors (Lipinski definition) is 1. The molecule has 8 nitrogen and oxygen atoms in total. The van der Waals surface area contributed by atoms with Crippen LogP contribution in [-0.2, 0) is 4.74 Å². The molecule has 1 fully saturated rings. The highest BCUT2D eigenvalue weighted by Gasteiger charge is 2.32. The van der Waals surface area contributed by atoms with Crippen molar-refractivity contribution in [2.45, 2.75) is 71.9 Å². The third-order valence-corrected chi connectivity index (χ3v) is 6.91. The first-order valence-corrected chi connectivity index (χ1v) is 13.6. The Morgan fingerprint density at radius 3 is 2.64 bits per heavy atom. The second-order valence-electron chi connectivity index (χ2n) is 10.1. The number of aromatic nitrogens is 1. The quantitative estimate of drug-likeness (QED) is 0.465. The maximum atomic E-state index is 13.3. The monoisotopic (exact) mass is 514 g/mol. The van der Waals surface area contributed by atoms with Crippen LogP contribution in [0.5, 0.6) is 0 Å². The van der Waals surface area contributed by atoms with E-state index in [1.54, 1.807) is 40.5 Å². The van der Waals surface area contributed by atoms with Gasteiger partial charge >= 0.3 is 6.09 Å². The van der Waals surface area contributed by atoms with Crippen LogP contribution in [0, 0.1) is 6.92 Å². The van der Waals surface area contributed by atoms with Gasteiger partial charge in [-0.2, -0.15) is 0 Å². The lowest BCUT2D eigenvalue weighted by atomic mass is 10.1. The summed E-state index contributed by atoms with van der Waals surface area (Å²) in [6.07, 6.45) is 2.93. The van der Waals surface area contributed by atoms with Crippen molar-refractivity contribution in [1.82, 2.24) is 20.1 Å². The Kier molecular flexibility index (Phi) is 9.48. The van der Waals surface area contributed by atoms with Gasteiger partial charge in [0.15, 0.2) is 0 Å². The molecule has 196 valence electrons. The van der Waals surface area contributed by atoms with Crippen molar-refractivity contribution in [3.8, 4) is 0 Å². The Bertz CT molecular complexity index is 1060. The van der Waals surface area contributed by atoms with Gasteiger partial charge in [0.1, 0.15) is 10.6 Å². The van der Waals surface area contributed by atoms with Gasteiger partial charge in [-0.05, 0) is 71.6 Å². The molecule has 3 amide bonds. The molecule has 0 spiro atoms. The average molecular weight is 515 g/mol. The fourth-order valence-corrected chi connectivity index (χ4v) is 5.16. The third kappa shape index (κ3) is 7.53. The molecule has 1 unspecified atom stereocenters. The predicted molar refractivity (Wildman–Crippen MR) is 141 cm³/mol. The summed E-state index contributed by atoms with van der Waals surface area (Å²) in [4.78, 5) is 46.6. The minimum absolute atomic E-state index is 0.00952. The number of benzene rings is 1. The number of ether oxygens (including phenoxy) is 1. The highest BCUT2D eigenvalue weighted by Crippen LogP contribution is 2.34. The van der Waals surface area contributed by atoms with E-state index in [0.29, 0.717) is 43.7 Å². The Hall–Kier alpha value is -2.94. The summed E-state index contributed by atoms with van der Waals surface area (Å²) >= 11 is 1.59. The summed E-state index contributed by atoms with van der Waals surface area (Å²) in [5.74, 6) is -0.315. The molecule has 1 atom stereocenters. The topological polar surface area (TPSA) is 91.8 Å². The second-order valence-corrected chi connectivity index (χ2v) is 11.0. The minimum atomic E-state index is -0.548. The average Bonchev–Trinajstić information content (AvgIpc) is 3.48. The van der Waals surface area contributed by atoms with Gasteiger partial charge in [-0.25, -0.2) is 9.78 Å². The van der Waals surface area contributed by atoms with Gasteiger partial charge in [0, 0.05) is 48.4 Å². The Morgan fingerprint density at radius 2 is 1.97 bits per heavy atom. The van der Waals surface area contributed by atoms with Crippen LogP contribution in [0.4, 0.5) is 4.79 Å². The summed E-state index contributed by atoms with van der Waals surface area (Å²) < 4.78 is 5.47. The van der Waals surface area contributed by atoms with Crippen molar-refractivity contribution >= 4 is 29.2 Å². The first kappa shape index (κ1) is 27.6. The zero-order valence-corrected chi connectivity index (χ0v) is 22.8. The lowest BCUT2D eigenvalue weighted by Gasteiger charge is -2.27. The summed E-state index contributed by atoms with van der Waals surface area (Å²) in [7, 11) is 0. The molecule has 3 rings (SSSR count). The van der Waals surface area contributed by atoms with Crippen LogP contribution >= 0.6 is 11.3 Å². The van der Waals surface area contributed by atoms with Gasteiger partial charge < -0.3 is 19.9 Å². The van der Waals surface area contributed by atoms with Crippen LogP contribution in [0.2, 0.25) is 0 Å². The highest BCUT2D eigenvalue weighted by atomic mass is 32.1. The van der Waals surface area contributed by atoms with Gasteiger partial charge in [-0.3, -0.25) is 9.59 Å². The van der Waals surface area contributed by atoms with E-state index in [4.69, 9.17) is 4.74 Å². The standard InChI is InChI=1S/C27H38N4O4S/c1-6-14-30(26(34)35-27(3,4)5)15-9-13-28-23(32)20-10-7-11-21(17-20)25(33)31-16-8-12-22(31)24-29-19(2)18-36-24/h7,10-11,17-18,22H,6,8-9,12-16H2,1-5H3,(H,28,32). The number of carbonyl (C=O) groups excluding carboxylic acids is 3. The Morgan fingerprint density at radius 1 is 1.22 bits per heavy atom.